The van der Waals surface area contributed by atoms with Crippen molar-refractivity contribution in [3.8, 4) is 0 Å². The Bertz CT molecular complexity index is 525. The summed E-state index contributed by atoms with van der Waals surface area (Å²) in [6.07, 6.45) is 1.53. The molecule has 128 valence electrons. The molecule has 1 amide bonds. The molecule has 1 aliphatic rings. The number of aliphatic hydroxyl groups excluding tert-OH is 1. The van der Waals surface area contributed by atoms with Crippen molar-refractivity contribution in [2.75, 3.05) is 26.2 Å². The monoisotopic (exact) mass is 321 g/mol. The van der Waals surface area contributed by atoms with E-state index in [2.05, 4.69) is 9.88 Å². The molecule has 1 aromatic heterocycles. The van der Waals surface area contributed by atoms with Gasteiger partial charge in [0.25, 0.3) is 0 Å². The number of piperazine rings is 1. The summed E-state index contributed by atoms with van der Waals surface area (Å²) in [7, 11) is 0. The van der Waals surface area contributed by atoms with Crippen molar-refractivity contribution >= 4 is 6.09 Å². The molecule has 1 aliphatic heterocycles. The standard InChI is InChI=1S/C17H27N3O3/c1-13-5-6-14(18-9-13)10-19-7-8-20(11-15(19)12-21)16(22)23-17(2,3)4/h5-6,9,15,21H,7-8,10-12H2,1-4H3. The zero-order valence-corrected chi connectivity index (χ0v) is 14.5. The summed E-state index contributed by atoms with van der Waals surface area (Å²) in [5.41, 5.74) is 1.59. The van der Waals surface area contributed by atoms with Gasteiger partial charge >= 0.3 is 6.09 Å². The molecule has 1 unspecified atom stereocenters. The average molecular weight is 321 g/mol. The molecule has 2 heterocycles. The van der Waals surface area contributed by atoms with Gasteiger partial charge in [-0.25, -0.2) is 4.79 Å². The minimum Gasteiger partial charge on any atom is -0.444 e. The zero-order chi connectivity index (χ0) is 17.0. The van der Waals surface area contributed by atoms with Crippen LogP contribution in [-0.4, -0.2) is 63.9 Å². The van der Waals surface area contributed by atoms with Crippen molar-refractivity contribution in [3.63, 3.8) is 0 Å². The number of ether oxygens (including phenoxy) is 1. The lowest BCUT2D eigenvalue weighted by atomic mass is 10.1. The Balaban J connectivity index is 1.96. The Morgan fingerprint density at radius 1 is 1.39 bits per heavy atom. The Hall–Kier alpha value is -1.66. The first kappa shape index (κ1) is 17.7. The van der Waals surface area contributed by atoms with Gasteiger partial charge in [-0.2, -0.15) is 0 Å². The minimum absolute atomic E-state index is 0.00512. The van der Waals surface area contributed by atoms with Gasteiger partial charge in [0.15, 0.2) is 0 Å². The number of aliphatic hydroxyl groups is 1. The lowest BCUT2D eigenvalue weighted by molar-refractivity contribution is -0.00634. The summed E-state index contributed by atoms with van der Waals surface area (Å²) < 4.78 is 5.41. The predicted octanol–water partition coefficient (Wildman–Crippen LogP) is 1.80. The fraction of sp³-hybridized carbons (Fsp3) is 0.647. The van der Waals surface area contributed by atoms with E-state index in [1.807, 2.05) is 46.0 Å². The summed E-state index contributed by atoms with van der Waals surface area (Å²) >= 11 is 0. The lowest BCUT2D eigenvalue weighted by Gasteiger charge is -2.40. The Kier molecular flexibility index (Phi) is 5.59. The van der Waals surface area contributed by atoms with Gasteiger partial charge in [0.2, 0.25) is 0 Å². The molecular formula is C17H27N3O3. The van der Waals surface area contributed by atoms with Crippen molar-refractivity contribution in [1.29, 1.82) is 0 Å². The molecule has 0 saturated carbocycles. The molecule has 1 N–H and O–H groups in total. The molecule has 2 rings (SSSR count). The Morgan fingerprint density at radius 3 is 2.70 bits per heavy atom. The highest BCUT2D eigenvalue weighted by Gasteiger charge is 2.31. The predicted molar refractivity (Wildman–Crippen MR) is 88.1 cm³/mol. The fourth-order valence-electron chi connectivity index (χ4n) is 2.57. The third-order valence-electron chi connectivity index (χ3n) is 3.80. The summed E-state index contributed by atoms with van der Waals surface area (Å²) in [4.78, 5) is 20.4. The van der Waals surface area contributed by atoms with Gasteiger partial charge in [0.1, 0.15) is 5.60 Å². The number of nitrogens with zero attached hydrogens (tertiary/aromatic N) is 3. The molecule has 0 radical (unpaired) electrons. The second-order valence-corrected chi connectivity index (χ2v) is 7.06. The van der Waals surface area contributed by atoms with E-state index in [0.29, 0.717) is 26.2 Å². The van der Waals surface area contributed by atoms with Crippen LogP contribution in [0.15, 0.2) is 18.3 Å². The van der Waals surface area contributed by atoms with E-state index in [4.69, 9.17) is 4.74 Å². The number of aromatic nitrogens is 1. The molecule has 23 heavy (non-hydrogen) atoms. The van der Waals surface area contributed by atoms with E-state index in [1.165, 1.54) is 0 Å². The second kappa shape index (κ2) is 7.27. The summed E-state index contributed by atoms with van der Waals surface area (Å²) in [6, 6.07) is 3.94. The molecule has 1 saturated heterocycles. The Labute approximate surface area is 138 Å². The first-order valence-electron chi connectivity index (χ1n) is 8.03. The van der Waals surface area contributed by atoms with Crippen LogP contribution in [0, 0.1) is 6.92 Å². The number of carbonyl (C=O) groups excluding carboxylic acids is 1. The van der Waals surface area contributed by atoms with E-state index >= 15 is 0 Å². The maximum Gasteiger partial charge on any atom is 0.410 e. The van der Waals surface area contributed by atoms with Gasteiger partial charge in [0.05, 0.1) is 18.3 Å². The van der Waals surface area contributed by atoms with E-state index in [0.717, 1.165) is 11.3 Å². The van der Waals surface area contributed by atoms with Crippen LogP contribution in [0.25, 0.3) is 0 Å². The summed E-state index contributed by atoms with van der Waals surface area (Å²) in [6.45, 7) is 10.0. The van der Waals surface area contributed by atoms with Crippen LogP contribution >= 0.6 is 0 Å². The van der Waals surface area contributed by atoms with Crippen LogP contribution < -0.4 is 0 Å². The van der Waals surface area contributed by atoms with Gasteiger partial charge in [-0.15, -0.1) is 0 Å². The molecule has 1 atom stereocenters. The van der Waals surface area contributed by atoms with Gasteiger partial charge in [-0.05, 0) is 39.3 Å². The molecule has 6 heteroatoms. The number of amides is 1. The van der Waals surface area contributed by atoms with E-state index in [1.54, 1.807) is 4.90 Å². The van der Waals surface area contributed by atoms with E-state index < -0.39 is 5.60 Å². The van der Waals surface area contributed by atoms with Gasteiger partial charge in [0, 0.05) is 32.4 Å². The molecular weight excluding hydrogens is 294 g/mol. The molecule has 1 fully saturated rings. The minimum atomic E-state index is -0.505. The first-order chi connectivity index (χ1) is 10.8. The lowest BCUT2D eigenvalue weighted by Crippen LogP contribution is -2.56. The Morgan fingerprint density at radius 2 is 2.13 bits per heavy atom. The first-order valence-corrected chi connectivity index (χ1v) is 8.03. The number of aryl methyl sites for hydroxylation is 1. The van der Waals surface area contributed by atoms with E-state index in [9.17, 15) is 9.90 Å². The van der Waals surface area contributed by atoms with Gasteiger partial charge < -0.3 is 14.7 Å². The highest BCUT2D eigenvalue weighted by molar-refractivity contribution is 5.68. The smallest absolute Gasteiger partial charge is 0.410 e. The van der Waals surface area contributed by atoms with Crippen LogP contribution in [0.5, 0.6) is 0 Å². The average Bonchev–Trinajstić information content (AvgIpc) is 2.48. The van der Waals surface area contributed by atoms with Crippen molar-refractivity contribution < 1.29 is 14.6 Å². The number of rotatable bonds is 3. The topological polar surface area (TPSA) is 65.9 Å². The van der Waals surface area contributed by atoms with Gasteiger partial charge in [-0.3, -0.25) is 9.88 Å². The highest BCUT2D eigenvalue weighted by Crippen LogP contribution is 2.16. The molecule has 0 spiro atoms. The number of pyridine rings is 1. The van der Waals surface area contributed by atoms with Crippen LogP contribution in [0.3, 0.4) is 0 Å². The highest BCUT2D eigenvalue weighted by atomic mass is 16.6. The third kappa shape index (κ3) is 5.18. The second-order valence-electron chi connectivity index (χ2n) is 7.06. The number of hydrogen-bond donors (Lipinski definition) is 1. The molecule has 6 nitrogen and oxygen atoms in total. The quantitative estimate of drug-likeness (QED) is 0.919. The molecule has 0 aromatic carbocycles. The van der Waals surface area contributed by atoms with Crippen molar-refractivity contribution in [3.05, 3.63) is 29.6 Å². The van der Waals surface area contributed by atoms with Crippen LogP contribution in [0.4, 0.5) is 4.79 Å². The van der Waals surface area contributed by atoms with Crippen molar-refractivity contribution in [2.24, 2.45) is 0 Å². The van der Waals surface area contributed by atoms with Gasteiger partial charge in [-0.1, -0.05) is 6.07 Å². The summed E-state index contributed by atoms with van der Waals surface area (Å²) in [5, 5.41) is 9.67. The maximum atomic E-state index is 12.2. The zero-order valence-electron chi connectivity index (χ0n) is 14.5. The SMILES string of the molecule is Cc1ccc(CN2CCN(C(=O)OC(C)(C)C)CC2CO)nc1. The molecule has 0 bridgehead atoms. The number of carbonyl (C=O) groups is 1. The maximum absolute atomic E-state index is 12.2. The normalized spacial score (nSPS) is 19.7. The number of hydrogen-bond acceptors (Lipinski definition) is 5. The van der Waals surface area contributed by atoms with Crippen LogP contribution in [0.2, 0.25) is 0 Å². The van der Waals surface area contributed by atoms with Crippen LogP contribution in [-0.2, 0) is 11.3 Å². The third-order valence-corrected chi connectivity index (χ3v) is 3.80. The van der Waals surface area contributed by atoms with E-state index in [-0.39, 0.29) is 18.7 Å². The van der Waals surface area contributed by atoms with Crippen molar-refractivity contribution in [1.82, 2.24) is 14.8 Å². The molecule has 0 aliphatic carbocycles. The fourth-order valence-corrected chi connectivity index (χ4v) is 2.57. The summed E-state index contributed by atoms with van der Waals surface area (Å²) in [5.74, 6) is 0. The van der Waals surface area contributed by atoms with Crippen LogP contribution in [0.1, 0.15) is 32.0 Å². The molecule has 1 aromatic rings. The van der Waals surface area contributed by atoms with Crippen molar-refractivity contribution in [2.45, 2.75) is 45.9 Å². The largest absolute Gasteiger partial charge is 0.444 e.